The molecule has 86 valence electrons. The lowest BCUT2D eigenvalue weighted by Gasteiger charge is -2.29. The molecule has 1 nitrogen and oxygen atoms in total. The molecule has 3 rings (SSSR count). The van der Waals surface area contributed by atoms with E-state index in [1.54, 1.807) is 5.56 Å². The van der Waals surface area contributed by atoms with Crippen molar-refractivity contribution in [3.8, 4) is 0 Å². The van der Waals surface area contributed by atoms with Crippen LogP contribution in [0.15, 0.2) is 24.3 Å². The first kappa shape index (κ1) is 10.3. The summed E-state index contributed by atoms with van der Waals surface area (Å²) >= 11 is 0. The number of hydrogen-bond donors (Lipinski definition) is 1. The average molecular weight is 215 g/mol. The first-order valence-electron chi connectivity index (χ1n) is 6.62. The highest BCUT2D eigenvalue weighted by molar-refractivity contribution is 5.26. The molecule has 2 saturated heterocycles. The predicted molar refractivity (Wildman–Crippen MR) is 67.6 cm³/mol. The average Bonchev–Trinajstić information content (AvgIpc) is 2.62. The zero-order chi connectivity index (χ0) is 11.0. The van der Waals surface area contributed by atoms with Gasteiger partial charge in [0.05, 0.1) is 0 Å². The van der Waals surface area contributed by atoms with E-state index in [-0.39, 0.29) is 0 Å². The van der Waals surface area contributed by atoms with Crippen molar-refractivity contribution in [3.05, 3.63) is 35.4 Å². The van der Waals surface area contributed by atoms with Crippen LogP contribution >= 0.6 is 0 Å². The van der Waals surface area contributed by atoms with Crippen LogP contribution in [0, 0.1) is 12.8 Å². The number of aryl methyl sites for hydroxylation is 1. The topological polar surface area (TPSA) is 12.0 Å². The normalized spacial score (nSPS) is 32.9. The van der Waals surface area contributed by atoms with Gasteiger partial charge < -0.3 is 5.32 Å². The smallest absolute Gasteiger partial charge is 0.00729 e. The third kappa shape index (κ3) is 2.01. The van der Waals surface area contributed by atoms with Crippen molar-refractivity contribution in [3.63, 3.8) is 0 Å². The lowest BCUT2D eigenvalue weighted by atomic mass is 9.86. The van der Waals surface area contributed by atoms with Crippen molar-refractivity contribution in [1.82, 2.24) is 5.32 Å². The molecule has 0 saturated carbocycles. The summed E-state index contributed by atoms with van der Waals surface area (Å²) < 4.78 is 0. The van der Waals surface area contributed by atoms with Crippen molar-refractivity contribution >= 4 is 0 Å². The van der Waals surface area contributed by atoms with E-state index in [4.69, 9.17) is 0 Å². The molecule has 2 unspecified atom stereocenters. The molecule has 0 radical (unpaired) electrons. The summed E-state index contributed by atoms with van der Waals surface area (Å²) in [5, 5.41) is 3.72. The van der Waals surface area contributed by atoms with E-state index in [9.17, 15) is 0 Å². The van der Waals surface area contributed by atoms with Gasteiger partial charge >= 0.3 is 0 Å². The third-order valence-electron chi connectivity index (χ3n) is 4.34. The maximum atomic E-state index is 3.72. The molecule has 1 heteroatoms. The van der Waals surface area contributed by atoms with Crippen molar-refractivity contribution in [2.24, 2.45) is 5.92 Å². The molecule has 2 heterocycles. The number of fused-ring (bicyclic) bond motifs is 2. The lowest BCUT2D eigenvalue weighted by Crippen LogP contribution is -2.38. The van der Waals surface area contributed by atoms with Gasteiger partial charge in [0.15, 0.2) is 0 Å². The minimum Gasteiger partial charge on any atom is -0.311 e. The van der Waals surface area contributed by atoms with Gasteiger partial charge in [-0.3, -0.25) is 0 Å². The zero-order valence-electron chi connectivity index (χ0n) is 10.1. The van der Waals surface area contributed by atoms with Crippen LogP contribution in [0.4, 0.5) is 0 Å². The van der Waals surface area contributed by atoms with Gasteiger partial charge in [0.25, 0.3) is 0 Å². The number of benzene rings is 1. The van der Waals surface area contributed by atoms with Crippen LogP contribution < -0.4 is 5.32 Å². The molecular formula is C15H21N. The molecule has 2 atom stereocenters. The van der Waals surface area contributed by atoms with E-state index in [0.29, 0.717) is 0 Å². The fraction of sp³-hybridized carbons (Fsp3) is 0.600. The summed E-state index contributed by atoms with van der Waals surface area (Å²) in [7, 11) is 0. The van der Waals surface area contributed by atoms with Crippen LogP contribution in [0.2, 0.25) is 0 Å². The molecule has 1 N–H and O–H groups in total. The Hall–Kier alpha value is -0.820. The number of rotatable bonds is 2. The van der Waals surface area contributed by atoms with E-state index < -0.39 is 0 Å². The van der Waals surface area contributed by atoms with E-state index in [1.165, 1.54) is 37.7 Å². The lowest BCUT2D eigenvalue weighted by molar-refractivity contribution is 0.298. The molecule has 0 aliphatic carbocycles. The molecule has 2 aliphatic rings. The van der Waals surface area contributed by atoms with Gasteiger partial charge in [0.2, 0.25) is 0 Å². The maximum Gasteiger partial charge on any atom is 0.00729 e. The fourth-order valence-electron chi connectivity index (χ4n) is 3.49. The standard InChI is InChI=1S/C15H21N/c1-11-4-2-3-5-13(11)8-12-9-14-6-7-15(10-12)16-14/h2-5,12,14-16H,6-10H2,1H3. The molecule has 0 amide bonds. The third-order valence-corrected chi connectivity index (χ3v) is 4.34. The molecule has 0 spiro atoms. The Bertz CT molecular complexity index is 359. The van der Waals surface area contributed by atoms with Gasteiger partial charge in [-0.1, -0.05) is 24.3 Å². The van der Waals surface area contributed by atoms with Crippen LogP contribution in [0.3, 0.4) is 0 Å². The highest BCUT2D eigenvalue weighted by atomic mass is 15.0. The van der Waals surface area contributed by atoms with Crippen LogP contribution in [-0.4, -0.2) is 12.1 Å². The second-order valence-corrected chi connectivity index (χ2v) is 5.61. The van der Waals surface area contributed by atoms with Crippen LogP contribution in [0.25, 0.3) is 0 Å². The summed E-state index contributed by atoms with van der Waals surface area (Å²) in [5.74, 6) is 0.917. The van der Waals surface area contributed by atoms with Crippen molar-refractivity contribution in [2.45, 2.75) is 51.1 Å². The molecule has 1 aromatic carbocycles. The molecular weight excluding hydrogens is 194 g/mol. The summed E-state index contributed by atoms with van der Waals surface area (Å²) in [5.41, 5.74) is 3.03. The summed E-state index contributed by atoms with van der Waals surface area (Å²) in [6, 6.07) is 10.5. The summed E-state index contributed by atoms with van der Waals surface area (Å²) in [4.78, 5) is 0. The van der Waals surface area contributed by atoms with Crippen LogP contribution in [0.5, 0.6) is 0 Å². The summed E-state index contributed by atoms with van der Waals surface area (Å²) in [6.45, 7) is 2.24. The van der Waals surface area contributed by atoms with Crippen molar-refractivity contribution < 1.29 is 0 Å². The van der Waals surface area contributed by atoms with E-state index >= 15 is 0 Å². The first-order valence-corrected chi connectivity index (χ1v) is 6.62. The number of hydrogen-bond acceptors (Lipinski definition) is 1. The molecule has 2 aliphatic heterocycles. The molecule has 0 aromatic heterocycles. The second-order valence-electron chi connectivity index (χ2n) is 5.61. The van der Waals surface area contributed by atoms with Gasteiger partial charge in [-0.15, -0.1) is 0 Å². The molecule has 16 heavy (non-hydrogen) atoms. The number of nitrogens with one attached hydrogen (secondary N) is 1. The van der Waals surface area contributed by atoms with E-state index in [2.05, 4.69) is 36.5 Å². The Morgan fingerprint density at radius 1 is 1.12 bits per heavy atom. The minimum atomic E-state index is 0.827. The quantitative estimate of drug-likeness (QED) is 0.799. The predicted octanol–water partition coefficient (Wildman–Crippen LogP) is 3.07. The van der Waals surface area contributed by atoms with Crippen LogP contribution in [-0.2, 0) is 6.42 Å². The van der Waals surface area contributed by atoms with Crippen molar-refractivity contribution in [1.29, 1.82) is 0 Å². The highest BCUT2D eigenvalue weighted by Crippen LogP contribution is 2.33. The van der Waals surface area contributed by atoms with Gasteiger partial charge in [0.1, 0.15) is 0 Å². The van der Waals surface area contributed by atoms with Gasteiger partial charge in [-0.25, -0.2) is 0 Å². The zero-order valence-corrected chi connectivity index (χ0v) is 10.1. The fourth-order valence-corrected chi connectivity index (χ4v) is 3.49. The first-order chi connectivity index (χ1) is 7.81. The van der Waals surface area contributed by atoms with Gasteiger partial charge in [-0.2, -0.15) is 0 Å². The highest BCUT2D eigenvalue weighted by Gasteiger charge is 2.33. The van der Waals surface area contributed by atoms with Crippen molar-refractivity contribution in [2.75, 3.05) is 0 Å². The molecule has 2 bridgehead atoms. The van der Waals surface area contributed by atoms with E-state index in [0.717, 1.165) is 18.0 Å². The monoisotopic (exact) mass is 215 g/mol. The Morgan fingerprint density at radius 2 is 1.81 bits per heavy atom. The maximum absolute atomic E-state index is 3.72. The van der Waals surface area contributed by atoms with E-state index in [1.807, 2.05) is 0 Å². The SMILES string of the molecule is Cc1ccccc1CC1CC2CCC(C1)N2. The Labute approximate surface area is 98.3 Å². The minimum absolute atomic E-state index is 0.827. The number of piperidine rings is 1. The molecule has 2 fully saturated rings. The van der Waals surface area contributed by atoms with Gasteiger partial charge in [-0.05, 0) is 56.1 Å². The van der Waals surface area contributed by atoms with Gasteiger partial charge in [0, 0.05) is 12.1 Å². The summed E-state index contributed by atoms with van der Waals surface area (Å²) in [6.07, 6.45) is 6.90. The van der Waals surface area contributed by atoms with Crippen LogP contribution in [0.1, 0.15) is 36.8 Å². The Balaban J connectivity index is 1.69. The second kappa shape index (κ2) is 4.21. The Kier molecular flexibility index (Phi) is 2.72. The largest absolute Gasteiger partial charge is 0.311 e. The molecule has 1 aromatic rings. The Morgan fingerprint density at radius 3 is 2.50 bits per heavy atom.